The molecule has 0 radical (unpaired) electrons. The summed E-state index contributed by atoms with van der Waals surface area (Å²) < 4.78 is 1.08. The maximum Gasteiger partial charge on any atom is 0.111 e. The largest absolute Gasteiger partial charge is 0.307 e. The number of rotatable bonds is 0. The van der Waals surface area contributed by atoms with Crippen molar-refractivity contribution in [3.63, 3.8) is 0 Å². The number of nitrogens with zero attached hydrogens (tertiary/aromatic N) is 1. The van der Waals surface area contributed by atoms with Gasteiger partial charge in [0.25, 0.3) is 0 Å². The molecule has 3 nitrogen and oxygen atoms in total. The van der Waals surface area contributed by atoms with Crippen LogP contribution >= 0.6 is 22.6 Å². The van der Waals surface area contributed by atoms with E-state index < -0.39 is 0 Å². The normalized spacial score (nSPS) is 26.8. The maximum atomic E-state index is 5.42. The van der Waals surface area contributed by atoms with Crippen LogP contribution < -0.4 is 11.2 Å². The van der Waals surface area contributed by atoms with Gasteiger partial charge in [-0.25, -0.2) is 0 Å². The third-order valence-electron chi connectivity index (χ3n) is 0.750. The molecule has 0 saturated heterocycles. The molecular weight excluding hydrogens is 217 g/mol. The Labute approximate surface area is 61.2 Å². The van der Waals surface area contributed by atoms with Crippen LogP contribution in [-0.2, 0) is 0 Å². The van der Waals surface area contributed by atoms with Gasteiger partial charge in [-0.3, -0.25) is 5.43 Å². The van der Waals surface area contributed by atoms with E-state index in [2.05, 4.69) is 33.1 Å². The summed E-state index contributed by atoms with van der Waals surface area (Å²) in [6, 6.07) is 0. The number of nitrogens with two attached hydrogens (primary N) is 1. The van der Waals surface area contributed by atoms with Gasteiger partial charge in [0, 0.05) is 3.58 Å². The molecule has 0 aromatic heterocycles. The SMILES string of the molecule is NC1C=C(I)C=NN1. The Morgan fingerprint density at radius 3 is 3.00 bits per heavy atom. The van der Waals surface area contributed by atoms with Crippen LogP contribution in [-0.4, -0.2) is 12.4 Å². The molecule has 0 bridgehead atoms. The lowest BCUT2D eigenvalue weighted by molar-refractivity contribution is 0.643. The first-order valence-corrected chi connectivity index (χ1v) is 3.28. The first-order valence-electron chi connectivity index (χ1n) is 2.20. The van der Waals surface area contributed by atoms with E-state index in [9.17, 15) is 0 Å². The Morgan fingerprint density at radius 1 is 1.88 bits per heavy atom. The van der Waals surface area contributed by atoms with Crippen molar-refractivity contribution >= 4 is 28.8 Å². The number of hydrazone groups is 1. The van der Waals surface area contributed by atoms with Crippen molar-refractivity contribution in [1.82, 2.24) is 5.43 Å². The first kappa shape index (κ1) is 6.03. The van der Waals surface area contributed by atoms with Crippen LogP contribution in [0.5, 0.6) is 0 Å². The van der Waals surface area contributed by atoms with Crippen molar-refractivity contribution in [1.29, 1.82) is 0 Å². The van der Waals surface area contributed by atoms with Crippen LogP contribution in [0.4, 0.5) is 0 Å². The Balaban J connectivity index is 2.63. The third-order valence-corrected chi connectivity index (χ3v) is 1.39. The molecule has 4 heteroatoms. The minimum atomic E-state index is -0.105. The third kappa shape index (κ3) is 1.45. The smallest absolute Gasteiger partial charge is 0.111 e. The van der Waals surface area contributed by atoms with Crippen LogP contribution in [0.1, 0.15) is 0 Å². The Morgan fingerprint density at radius 2 is 2.62 bits per heavy atom. The average Bonchev–Trinajstić information content (AvgIpc) is 1.64. The molecule has 0 fully saturated rings. The zero-order valence-corrected chi connectivity index (χ0v) is 6.29. The molecule has 44 valence electrons. The second-order valence-electron chi connectivity index (χ2n) is 1.46. The molecule has 0 aromatic rings. The average molecular weight is 223 g/mol. The Bertz CT molecular complexity index is 140. The van der Waals surface area contributed by atoms with Crippen molar-refractivity contribution in [3.8, 4) is 0 Å². The summed E-state index contributed by atoms with van der Waals surface area (Å²) in [5.41, 5.74) is 8.10. The van der Waals surface area contributed by atoms with E-state index in [1.54, 1.807) is 6.21 Å². The van der Waals surface area contributed by atoms with Gasteiger partial charge >= 0.3 is 0 Å². The zero-order valence-electron chi connectivity index (χ0n) is 4.13. The topological polar surface area (TPSA) is 50.4 Å². The van der Waals surface area contributed by atoms with E-state index in [0.717, 1.165) is 3.58 Å². The van der Waals surface area contributed by atoms with Gasteiger partial charge in [0.15, 0.2) is 0 Å². The van der Waals surface area contributed by atoms with Gasteiger partial charge in [0.05, 0.1) is 6.21 Å². The minimum absolute atomic E-state index is 0.105. The summed E-state index contributed by atoms with van der Waals surface area (Å²) in [5, 5.41) is 3.76. The van der Waals surface area contributed by atoms with Crippen LogP contribution in [0, 0.1) is 0 Å². The van der Waals surface area contributed by atoms with Gasteiger partial charge in [0.1, 0.15) is 6.17 Å². The fraction of sp³-hybridized carbons (Fsp3) is 0.250. The highest BCUT2D eigenvalue weighted by Gasteiger charge is 1.98. The van der Waals surface area contributed by atoms with Crippen molar-refractivity contribution in [2.45, 2.75) is 6.17 Å². The van der Waals surface area contributed by atoms with E-state index in [4.69, 9.17) is 5.73 Å². The Hall–Kier alpha value is -0.100. The van der Waals surface area contributed by atoms with E-state index in [0.29, 0.717) is 0 Å². The van der Waals surface area contributed by atoms with E-state index in [-0.39, 0.29) is 6.17 Å². The monoisotopic (exact) mass is 223 g/mol. The van der Waals surface area contributed by atoms with E-state index in [1.807, 2.05) is 6.08 Å². The van der Waals surface area contributed by atoms with Crippen molar-refractivity contribution in [2.24, 2.45) is 10.8 Å². The van der Waals surface area contributed by atoms with E-state index in [1.165, 1.54) is 0 Å². The summed E-state index contributed by atoms with van der Waals surface area (Å²) in [6.45, 7) is 0. The van der Waals surface area contributed by atoms with Crippen LogP contribution in [0.15, 0.2) is 14.8 Å². The van der Waals surface area contributed by atoms with Gasteiger partial charge in [0.2, 0.25) is 0 Å². The first-order chi connectivity index (χ1) is 3.79. The molecular formula is C4H6IN3. The summed E-state index contributed by atoms with van der Waals surface area (Å²) in [4.78, 5) is 0. The highest BCUT2D eigenvalue weighted by molar-refractivity contribution is 14.1. The van der Waals surface area contributed by atoms with Gasteiger partial charge in [-0.2, -0.15) is 5.10 Å². The van der Waals surface area contributed by atoms with Crippen LogP contribution in [0.2, 0.25) is 0 Å². The fourth-order valence-corrected chi connectivity index (χ4v) is 0.963. The van der Waals surface area contributed by atoms with Gasteiger partial charge < -0.3 is 5.73 Å². The quantitative estimate of drug-likeness (QED) is 0.575. The van der Waals surface area contributed by atoms with E-state index >= 15 is 0 Å². The lowest BCUT2D eigenvalue weighted by Gasteiger charge is -2.09. The number of nitrogens with one attached hydrogen (secondary N) is 1. The second-order valence-corrected chi connectivity index (χ2v) is 2.71. The summed E-state index contributed by atoms with van der Waals surface area (Å²) in [7, 11) is 0. The molecule has 1 unspecified atom stereocenters. The number of hydrogen-bond donors (Lipinski definition) is 2. The van der Waals surface area contributed by atoms with Crippen molar-refractivity contribution in [3.05, 3.63) is 9.66 Å². The highest BCUT2D eigenvalue weighted by atomic mass is 127. The molecule has 1 heterocycles. The fourth-order valence-electron chi connectivity index (χ4n) is 0.437. The lowest BCUT2D eigenvalue weighted by atomic mass is 10.4. The van der Waals surface area contributed by atoms with Gasteiger partial charge in [-0.05, 0) is 28.7 Å². The Kier molecular flexibility index (Phi) is 1.85. The number of hydrogen-bond acceptors (Lipinski definition) is 3. The van der Waals surface area contributed by atoms with Crippen LogP contribution in [0.3, 0.4) is 0 Å². The lowest BCUT2D eigenvalue weighted by Crippen LogP contribution is -2.33. The molecule has 0 spiro atoms. The number of halogens is 1. The molecule has 0 amide bonds. The standard InChI is InChI=1S/C4H6IN3/c5-3-1-4(6)8-7-2-3/h1-2,4,8H,6H2. The molecule has 0 aliphatic carbocycles. The van der Waals surface area contributed by atoms with Crippen LogP contribution in [0.25, 0.3) is 0 Å². The molecule has 8 heavy (non-hydrogen) atoms. The van der Waals surface area contributed by atoms with Crippen molar-refractivity contribution in [2.75, 3.05) is 0 Å². The van der Waals surface area contributed by atoms with Crippen molar-refractivity contribution < 1.29 is 0 Å². The van der Waals surface area contributed by atoms with Gasteiger partial charge in [-0.1, -0.05) is 0 Å². The maximum absolute atomic E-state index is 5.42. The predicted molar refractivity (Wildman–Crippen MR) is 41.7 cm³/mol. The zero-order chi connectivity index (χ0) is 5.98. The van der Waals surface area contributed by atoms with Gasteiger partial charge in [-0.15, -0.1) is 0 Å². The molecule has 1 rings (SSSR count). The minimum Gasteiger partial charge on any atom is -0.307 e. The summed E-state index contributed by atoms with van der Waals surface area (Å²) in [6.07, 6.45) is 3.52. The number of allylic oxidation sites excluding steroid dienone is 1. The molecule has 0 aromatic carbocycles. The highest BCUT2D eigenvalue weighted by Crippen LogP contribution is 2.04. The molecule has 0 saturated carbocycles. The molecule has 1 atom stereocenters. The second kappa shape index (κ2) is 2.45. The predicted octanol–water partition coefficient (Wildman–Crippen LogP) is 0.179. The summed E-state index contributed by atoms with van der Waals surface area (Å²) >= 11 is 2.16. The summed E-state index contributed by atoms with van der Waals surface area (Å²) in [5.74, 6) is 0. The molecule has 1 aliphatic heterocycles. The molecule has 1 aliphatic rings. The molecule has 3 N–H and O–H groups in total.